The zero-order valence-corrected chi connectivity index (χ0v) is 28.0. The first-order valence-electron chi connectivity index (χ1n) is 15.8. The quantitative estimate of drug-likeness (QED) is 0.293. The standard InChI is InChI=1S/C35H45ClN2O6S/c1-6-9-23(3)24(4)45(40,41)37-34(39)26-11-14-32-30(19-26)38(20-27-15-17-43-33(27)31(7-2)42-5)21-35(22-44-32)16-8-10-25-18-28(36)12-13-29(25)35/h6-7,11-14,18-19,23-24,27,31,33H,1-2,8-10,15-17,20-22H2,3-5H3,(H,37,39)/t23-,24+,27-,31-,33+,35-/m0/s1. The topological polar surface area (TPSA) is 94.2 Å². The van der Waals surface area contributed by atoms with Crippen molar-refractivity contribution >= 4 is 33.2 Å². The van der Waals surface area contributed by atoms with Crippen molar-refractivity contribution in [2.45, 2.75) is 68.8 Å². The van der Waals surface area contributed by atoms with Crippen LogP contribution in [0.15, 0.2) is 61.7 Å². The average molecular weight is 657 g/mol. The van der Waals surface area contributed by atoms with Crippen molar-refractivity contribution in [2.24, 2.45) is 11.8 Å². The van der Waals surface area contributed by atoms with Crippen LogP contribution in [0.1, 0.15) is 61.0 Å². The van der Waals surface area contributed by atoms with Gasteiger partial charge in [0.1, 0.15) is 11.9 Å². The molecule has 2 aliphatic heterocycles. The molecule has 0 aromatic heterocycles. The Bertz CT molecular complexity index is 1530. The fraction of sp³-hybridized carbons (Fsp3) is 0.514. The number of fused-ring (bicyclic) bond motifs is 3. The third-order valence-corrected chi connectivity index (χ3v) is 12.1. The summed E-state index contributed by atoms with van der Waals surface area (Å²) >= 11 is 6.41. The van der Waals surface area contributed by atoms with Gasteiger partial charge in [-0.25, -0.2) is 13.1 Å². The number of allylic oxidation sites excluding steroid dienone is 1. The van der Waals surface area contributed by atoms with Gasteiger partial charge in [-0.2, -0.15) is 0 Å². The highest BCUT2D eigenvalue weighted by Gasteiger charge is 2.44. The maximum atomic E-state index is 13.4. The van der Waals surface area contributed by atoms with E-state index in [1.54, 1.807) is 44.4 Å². The summed E-state index contributed by atoms with van der Waals surface area (Å²) in [5.74, 6) is -0.0708. The molecule has 0 radical (unpaired) electrons. The fourth-order valence-corrected chi connectivity index (χ4v) is 8.64. The number of benzene rings is 2. The van der Waals surface area contributed by atoms with E-state index in [9.17, 15) is 13.2 Å². The molecule has 6 atom stereocenters. The number of carbonyl (C=O) groups is 1. The van der Waals surface area contributed by atoms with E-state index in [1.165, 1.54) is 11.1 Å². The molecule has 1 spiro atoms. The molecule has 1 fully saturated rings. The molecule has 0 unspecified atom stereocenters. The number of hydrogen-bond acceptors (Lipinski definition) is 7. The van der Waals surface area contributed by atoms with Crippen LogP contribution in [0.25, 0.3) is 0 Å². The number of aryl methyl sites for hydroxylation is 1. The van der Waals surface area contributed by atoms with Crippen molar-refractivity contribution in [3.05, 3.63) is 83.4 Å². The minimum absolute atomic E-state index is 0.134. The lowest BCUT2D eigenvalue weighted by Crippen LogP contribution is -2.48. The van der Waals surface area contributed by atoms with E-state index in [4.69, 9.17) is 25.8 Å². The SMILES string of the molecule is C=CC[C@H](C)[C@@H](C)S(=O)(=O)NC(=O)c1ccc2c(c1)N(C[C@@H]1CCO[C@H]1[C@H](C=C)OC)C[C@@]1(CCCc3cc(Cl)ccc31)CO2. The number of ether oxygens (including phenoxy) is 3. The molecular weight excluding hydrogens is 612 g/mol. The Balaban J connectivity index is 1.51. The highest BCUT2D eigenvalue weighted by Crippen LogP contribution is 2.45. The lowest BCUT2D eigenvalue weighted by atomic mass is 9.70. The summed E-state index contributed by atoms with van der Waals surface area (Å²) in [5.41, 5.74) is 3.18. The smallest absolute Gasteiger partial charge is 0.264 e. The molecule has 2 aromatic carbocycles. The largest absolute Gasteiger partial charge is 0.490 e. The van der Waals surface area contributed by atoms with E-state index in [2.05, 4.69) is 34.9 Å². The number of amides is 1. The molecule has 0 saturated carbocycles. The molecule has 45 heavy (non-hydrogen) atoms. The first-order valence-corrected chi connectivity index (χ1v) is 17.7. The maximum Gasteiger partial charge on any atom is 0.264 e. The van der Waals surface area contributed by atoms with E-state index in [0.717, 1.165) is 36.4 Å². The second-order valence-corrected chi connectivity index (χ2v) is 15.3. The average Bonchev–Trinajstić information content (AvgIpc) is 3.41. The molecule has 0 bridgehead atoms. The molecule has 3 aliphatic rings. The highest BCUT2D eigenvalue weighted by molar-refractivity contribution is 7.90. The number of rotatable bonds is 11. The summed E-state index contributed by atoms with van der Waals surface area (Å²) in [5, 5.41) is -0.0435. The van der Waals surface area contributed by atoms with Crippen molar-refractivity contribution in [3.63, 3.8) is 0 Å². The van der Waals surface area contributed by atoms with Gasteiger partial charge in [0.05, 0.1) is 23.6 Å². The van der Waals surface area contributed by atoms with Crippen LogP contribution in [-0.4, -0.2) is 65.2 Å². The van der Waals surface area contributed by atoms with Crippen LogP contribution in [0.5, 0.6) is 5.75 Å². The van der Waals surface area contributed by atoms with E-state index >= 15 is 0 Å². The Morgan fingerprint density at radius 2 is 2.04 bits per heavy atom. The zero-order chi connectivity index (χ0) is 32.4. The van der Waals surface area contributed by atoms with Crippen molar-refractivity contribution < 1.29 is 27.4 Å². The van der Waals surface area contributed by atoms with Crippen LogP contribution in [0.4, 0.5) is 5.69 Å². The van der Waals surface area contributed by atoms with Gasteiger partial charge in [0.2, 0.25) is 10.0 Å². The number of carbonyl (C=O) groups excluding carboxylic acids is 1. The molecule has 1 saturated heterocycles. The van der Waals surface area contributed by atoms with E-state index in [0.29, 0.717) is 38.5 Å². The zero-order valence-electron chi connectivity index (χ0n) is 26.5. The number of hydrogen-bond donors (Lipinski definition) is 1. The molecule has 1 N–H and O–H groups in total. The summed E-state index contributed by atoms with van der Waals surface area (Å²) in [4.78, 5) is 15.7. The first-order chi connectivity index (χ1) is 21.5. The molecule has 2 heterocycles. The van der Waals surface area contributed by atoms with Crippen LogP contribution < -0.4 is 14.4 Å². The molecule has 1 amide bonds. The van der Waals surface area contributed by atoms with Gasteiger partial charge in [-0.3, -0.25) is 4.79 Å². The molecule has 8 nitrogen and oxygen atoms in total. The number of nitrogens with one attached hydrogen (secondary N) is 1. The van der Waals surface area contributed by atoms with Gasteiger partial charge in [0, 0.05) is 48.7 Å². The van der Waals surface area contributed by atoms with Crippen LogP contribution in [-0.2, 0) is 31.3 Å². The molecule has 5 rings (SSSR count). The Morgan fingerprint density at radius 3 is 2.78 bits per heavy atom. The molecule has 2 aromatic rings. The van der Waals surface area contributed by atoms with Gasteiger partial charge in [-0.15, -0.1) is 13.2 Å². The summed E-state index contributed by atoms with van der Waals surface area (Å²) in [6.07, 6.45) is 7.34. The van der Waals surface area contributed by atoms with Gasteiger partial charge >= 0.3 is 0 Å². The maximum absolute atomic E-state index is 13.4. The van der Waals surface area contributed by atoms with E-state index < -0.39 is 21.2 Å². The minimum Gasteiger partial charge on any atom is -0.490 e. The van der Waals surface area contributed by atoms with Crippen molar-refractivity contribution in [1.82, 2.24) is 4.72 Å². The second kappa shape index (κ2) is 13.9. The van der Waals surface area contributed by atoms with Gasteiger partial charge in [0.15, 0.2) is 0 Å². The Hall–Kier alpha value is -2.85. The normalized spacial score (nSPS) is 24.8. The third-order valence-electron chi connectivity index (χ3n) is 9.91. The monoisotopic (exact) mass is 656 g/mol. The van der Waals surface area contributed by atoms with Gasteiger partial charge in [-0.05, 0) is 86.4 Å². The van der Waals surface area contributed by atoms with Crippen molar-refractivity contribution in [3.8, 4) is 5.75 Å². The van der Waals surface area contributed by atoms with Crippen molar-refractivity contribution in [2.75, 3.05) is 38.3 Å². The van der Waals surface area contributed by atoms with Gasteiger partial charge in [-0.1, -0.05) is 36.7 Å². The van der Waals surface area contributed by atoms with E-state index in [-0.39, 0.29) is 35.0 Å². The summed E-state index contributed by atoms with van der Waals surface area (Å²) < 4.78 is 47.0. The van der Waals surface area contributed by atoms with Crippen molar-refractivity contribution in [1.29, 1.82) is 0 Å². The predicted molar refractivity (Wildman–Crippen MR) is 179 cm³/mol. The van der Waals surface area contributed by atoms with E-state index in [1.807, 2.05) is 13.0 Å². The lowest BCUT2D eigenvalue weighted by Gasteiger charge is -2.41. The predicted octanol–water partition coefficient (Wildman–Crippen LogP) is 6.08. The van der Waals surface area contributed by atoms with Crippen LogP contribution >= 0.6 is 11.6 Å². The Morgan fingerprint density at radius 1 is 1.24 bits per heavy atom. The highest BCUT2D eigenvalue weighted by atomic mass is 35.5. The van der Waals surface area contributed by atoms with Crippen LogP contribution in [0, 0.1) is 11.8 Å². The lowest BCUT2D eigenvalue weighted by molar-refractivity contribution is -0.0170. The number of anilines is 1. The summed E-state index contributed by atoms with van der Waals surface area (Å²) in [6.45, 7) is 13.5. The Labute approximate surface area is 272 Å². The number of methoxy groups -OCH3 is 1. The summed E-state index contributed by atoms with van der Waals surface area (Å²) in [6, 6.07) is 11.3. The fourth-order valence-electron chi connectivity index (χ4n) is 7.16. The minimum atomic E-state index is -3.91. The number of halogens is 1. The summed E-state index contributed by atoms with van der Waals surface area (Å²) in [7, 11) is -2.25. The number of sulfonamides is 1. The molecular formula is C35H45ClN2O6S. The second-order valence-electron chi connectivity index (χ2n) is 12.8. The molecule has 1 aliphatic carbocycles. The van der Waals surface area contributed by atoms with Crippen LogP contribution in [0.3, 0.4) is 0 Å². The Kier molecular flexibility index (Phi) is 10.3. The number of nitrogens with zero attached hydrogens (tertiary/aromatic N) is 1. The van der Waals surface area contributed by atoms with Crippen LogP contribution in [0.2, 0.25) is 5.02 Å². The van der Waals surface area contributed by atoms with Gasteiger partial charge in [0.25, 0.3) is 5.91 Å². The van der Waals surface area contributed by atoms with Gasteiger partial charge < -0.3 is 19.1 Å². The molecule has 244 valence electrons. The molecule has 10 heteroatoms. The first kappa shape index (κ1) is 33.5. The third kappa shape index (κ3) is 6.97.